The van der Waals surface area contributed by atoms with E-state index >= 15 is 0 Å². The Bertz CT molecular complexity index is 519. The van der Waals surface area contributed by atoms with Crippen LogP contribution in [0.25, 0.3) is 0 Å². The molecule has 0 radical (unpaired) electrons. The van der Waals surface area contributed by atoms with Crippen molar-refractivity contribution in [2.24, 2.45) is 17.1 Å². The summed E-state index contributed by atoms with van der Waals surface area (Å²) in [5.74, 6) is -1.37. The van der Waals surface area contributed by atoms with Gasteiger partial charge >= 0.3 is 11.9 Å². The number of hydrogen-bond acceptors (Lipinski definition) is 5. The van der Waals surface area contributed by atoms with Crippen LogP contribution in [0, 0.1) is 11.3 Å². The number of aliphatic carboxylic acids is 2. The molecule has 24 heavy (non-hydrogen) atoms. The number of carbonyl (C=O) groups excluding carboxylic acids is 1. The molecule has 1 amide bonds. The summed E-state index contributed by atoms with van der Waals surface area (Å²) in [7, 11) is 0. The molecule has 1 rings (SSSR count). The lowest BCUT2D eigenvalue weighted by atomic mass is 10.1. The average molecular weight is 358 g/mol. The zero-order valence-corrected chi connectivity index (χ0v) is 14.9. The van der Waals surface area contributed by atoms with Gasteiger partial charge < -0.3 is 21.3 Å². The summed E-state index contributed by atoms with van der Waals surface area (Å²) in [6, 6.07) is -0.851. The van der Waals surface area contributed by atoms with Crippen molar-refractivity contribution in [2.75, 3.05) is 11.5 Å². The highest BCUT2D eigenvalue weighted by molar-refractivity contribution is 7.99. The molecule has 0 spiro atoms. The van der Waals surface area contributed by atoms with Gasteiger partial charge in [0.1, 0.15) is 11.7 Å². The van der Waals surface area contributed by atoms with E-state index in [9.17, 15) is 14.4 Å². The molecule has 1 fully saturated rings. The van der Waals surface area contributed by atoms with Crippen molar-refractivity contribution in [3.05, 3.63) is 11.8 Å². The number of carboxylic acids is 2. The number of carbonyl (C=O) groups is 3. The van der Waals surface area contributed by atoms with Gasteiger partial charge in [0.2, 0.25) is 5.91 Å². The molecular weight excluding hydrogens is 332 g/mol. The summed E-state index contributed by atoms with van der Waals surface area (Å²) < 4.78 is 0. The lowest BCUT2D eigenvalue weighted by Gasteiger charge is -2.08. The Morgan fingerprint density at radius 2 is 1.96 bits per heavy atom. The van der Waals surface area contributed by atoms with Crippen LogP contribution in [0.5, 0.6) is 0 Å². The number of allylic oxidation sites excluding steroid dienone is 1. The largest absolute Gasteiger partial charge is 0.480 e. The second kappa shape index (κ2) is 9.08. The fraction of sp³-hybridized carbons (Fsp3) is 0.688. The number of amides is 1. The van der Waals surface area contributed by atoms with Crippen molar-refractivity contribution in [3.8, 4) is 0 Å². The summed E-state index contributed by atoms with van der Waals surface area (Å²) in [6.45, 7) is 3.96. The van der Waals surface area contributed by atoms with Gasteiger partial charge in [0.25, 0.3) is 0 Å². The number of rotatable bonds is 11. The van der Waals surface area contributed by atoms with Crippen molar-refractivity contribution < 1.29 is 24.6 Å². The molecule has 0 aliphatic heterocycles. The molecule has 0 aromatic carbocycles. The van der Waals surface area contributed by atoms with Gasteiger partial charge in [-0.3, -0.25) is 9.59 Å². The van der Waals surface area contributed by atoms with Crippen LogP contribution in [0.2, 0.25) is 0 Å². The van der Waals surface area contributed by atoms with Crippen LogP contribution < -0.4 is 11.1 Å². The topological polar surface area (TPSA) is 130 Å². The minimum Gasteiger partial charge on any atom is -0.480 e. The highest BCUT2D eigenvalue weighted by atomic mass is 32.2. The second-order valence-electron chi connectivity index (χ2n) is 6.67. The fourth-order valence-corrected chi connectivity index (χ4v) is 3.17. The van der Waals surface area contributed by atoms with E-state index in [-0.39, 0.29) is 22.9 Å². The number of nitrogens with two attached hydrogens (primary N) is 1. The highest BCUT2D eigenvalue weighted by Gasteiger charge is 2.50. The predicted molar refractivity (Wildman–Crippen MR) is 92.5 cm³/mol. The number of carboxylic acid groups (broad SMARTS) is 2. The van der Waals surface area contributed by atoms with Crippen molar-refractivity contribution in [2.45, 2.75) is 45.6 Å². The van der Waals surface area contributed by atoms with Crippen LogP contribution in [0.1, 0.15) is 39.5 Å². The van der Waals surface area contributed by atoms with Gasteiger partial charge in [0.15, 0.2) is 0 Å². The van der Waals surface area contributed by atoms with Crippen LogP contribution in [0.15, 0.2) is 11.8 Å². The van der Waals surface area contributed by atoms with E-state index in [1.54, 1.807) is 0 Å². The van der Waals surface area contributed by atoms with Gasteiger partial charge in [-0.15, -0.1) is 0 Å². The van der Waals surface area contributed by atoms with Gasteiger partial charge in [-0.2, -0.15) is 11.8 Å². The van der Waals surface area contributed by atoms with E-state index in [1.807, 2.05) is 13.8 Å². The lowest BCUT2D eigenvalue weighted by molar-refractivity contribution is -0.138. The number of thioether (sulfide) groups is 1. The molecule has 7 nitrogen and oxygen atoms in total. The summed E-state index contributed by atoms with van der Waals surface area (Å²) in [6.07, 6.45) is 4.44. The maximum atomic E-state index is 12.0. The molecule has 1 unspecified atom stereocenters. The molecule has 8 heteroatoms. The number of hydrogen-bond donors (Lipinski definition) is 4. The van der Waals surface area contributed by atoms with E-state index < -0.39 is 18.0 Å². The normalized spacial score (nSPS) is 20.3. The summed E-state index contributed by atoms with van der Waals surface area (Å²) in [4.78, 5) is 33.7. The quantitative estimate of drug-likeness (QED) is 0.325. The third kappa shape index (κ3) is 6.92. The van der Waals surface area contributed by atoms with Gasteiger partial charge in [-0.05, 0) is 36.9 Å². The average Bonchev–Trinajstić information content (AvgIpc) is 3.13. The van der Waals surface area contributed by atoms with Crippen LogP contribution in [0.3, 0.4) is 0 Å². The Hall–Kier alpha value is -1.54. The van der Waals surface area contributed by atoms with E-state index in [2.05, 4.69) is 5.32 Å². The SMILES string of the molecule is CC1(C)CC1C(=O)NC(=CCCCCSC[C@H](N)C(=O)O)C(=O)O. The monoisotopic (exact) mass is 358 g/mol. The number of nitrogens with one attached hydrogen (secondary N) is 1. The predicted octanol–water partition coefficient (Wildman–Crippen LogP) is 1.43. The van der Waals surface area contributed by atoms with Gasteiger partial charge in [-0.25, -0.2) is 4.79 Å². The highest BCUT2D eigenvalue weighted by Crippen LogP contribution is 2.51. The van der Waals surface area contributed by atoms with E-state index in [0.29, 0.717) is 12.2 Å². The van der Waals surface area contributed by atoms with Crippen molar-refractivity contribution in [3.63, 3.8) is 0 Å². The first-order chi connectivity index (χ1) is 11.1. The summed E-state index contributed by atoms with van der Waals surface area (Å²) >= 11 is 1.46. The first kappa shape index (κ1) is 20.5. The van der Waals surface area contributed by atoms with E-state index in [0.717, 1.165) is 25.0 Å². The Labute approximate surface area is 146 Å². The molecule has 0 aromatic heterocycles. The Morgan fingerprint density at radius 1 is 1.33 bits per heavy atom. The molecule has 5 N–H and O–H groups in total. The minimum atomic E-state index is -1.14. The lowest BCUT2D eigenvalue weighted by Crippen LogP contribution is -2.32. The third-order valence-electron chi connectivity index (χ3n) is 4.02. The number of unbranched alkanes of at least 4 members (excludes halogenated alkanes) is 2. The van der Waals surface area contributed by atoms with E-state index in [1.165, 1.54) is 17.8 Å². The smallest absolute Gasteiger partial charge is 0.352 e. The van der Waals surface area contributed by atoms with Crippen LogP contribution >= 0.6 is 11.8 Å². The summed E-state index contributed by atoms with van der Waals surface area (Å²) in [5, 5.41) is 20.3. The van der Waals surface area contributed by atoms with Crippen LogP contribution in [-0.2, 0) is 14.4 Å². The van der Waals surface area contributed by atoms with Gasteiger partial charge in [0, 0.05) is 11.7 Å². The molecule has 1 aliphatic rings. The Kier molecular flexibility index (Phi) is 7.75. The summed E-state index contributed by atoms with van der Waals surface area (Å²) in [5.41, 5.74) is 5.28. The zero-order valence-electron chi connectivity index (χ0n) is 14.1. The van der Waals surface area contributed by atoms with Crippen LogP contribution in [0.4, 0.5) is 0 Å². The molecule has 1 aliphatic carbocycles. The molecular formula is C16H26N2O5S. The van der Waals surface area contributed by atoms with E-state index in [4.69, 9.17) is 15.9 Å². The first-order valence-electron chi connectivity index (χ1n) is 7.95. The molecule has 0 bridgehead atoms. The minimum absolute atomic E-state index is 0.0400. The second-order valence-corrected chi connectivity index (χ2v) is 7.82. The molecule has 2 atom stereocenters. The molecule has 0 aromatic rings. The van der Waals surface area contributed by atoms with Gasteiger partial charge in [-0.1, -0.05) is 19.9 Å². The Morgan fingerprint density at radius 3 is 2.46 bits per heavy atom. The van der Waals surface area contributed by atoms with Crippen molar-refractivity contribution >= 4 is 29.6 Å². The zero-order chi connectivity index (χ0) is 18.3. The van der Waals surface area contributed by atoms with Gasteiger partial charge in [0.05, 0.1) is 0 Å². The Balaban J connectivity index is 2.25. The fourth-order valence-electron chi connectivity index (χ4n) is 2.20. The molecule has 0 heterocycles. The van der Waals surface area contributed by atoms with Crippen LogP contribution in [-0.4, -0.2) is 45.6 Å². The molecule has 1 saturated carbocycles. The standard InChI is InChI=1S/C16H26N2O5S/c1-16(2)8-10(16)13(19)18-12(15(22)23)6-4-3-5-7-24-9-11(17)14(20)21/h6,10-11H,3-5,7-9,17H2,1-2H3,(H,18,19)(H,20,21)(H,22,23)/t10?,11-/m0/s1. The maximum absolute atomic E-state index is 12.0. The molecule has 0 saturated heterocycles. The van der Waals surface area contributed by atoms with Crippen molar-refractivity contribution in [1.29, 1.82) is 0 Å². The maximum Gasteiger partial charge on any atom is 0.352 e. The molecule has 136 valence electrons. The van der Waals surface area contributed by atoms with Crippen molar-refractivity contribution in [1.82, 2.24) is 5.32 Å². The third-order valence-corrected chi connectivity index (χ3v) is 5.20. The first-order valence-corrected chi connectivity index (χ1v) is 9.11.